The van der Waals surface area contributed by atoms with Crippen molar-refractivity contribution in [2.75, 3.05) is 0 Å². The number of hydrogen-bond donors (Lipinski definition) is 0. The molecule has 0 saturated carbocycles. The first kappa shape index (κ1) is 11.4. The molecule has 0 unspecified atom stereocenters. The Labute approximate surface area is 105 Å². The molecule has 2 aromatic carbocycles. The van der Waals surface area contributed by atoms with Gasteiger partial charge < -0.3 is 0 Å². The lowest BCUT2D eigenvalue weighted by molar-refractivity contribution is 1.40. The molecule has 3 nitrogen and oxygen atoms in total. The van der Waals surface area contributed by atoms with Crippen LogP contribution in [0, 0.1) is 34.0 Å². The number of nitriles is 3. The summed E-state index contributed by atoms with van der Waals surface area (Å²) in [6.45, 7) is 0. The zero-order valence-corrected chi connectivity index (χ0v) is 9.38. The van der Waals surface area contributed by atoms with E-state index in [-0.39, 0.29) is 5.56 Å². The van der Waals surface area contributed by atoms with Gasteiger partial charge in [-0.25, -0.2) is 0 Å². The minimum Gasteiger partial charge on any atom is -0.192 e. The van der Waals surface area contributed by atoms with Crippen LogP contribution in [0.5, 0.6) is 0 Å². The first-order valence-electron chi connectivity index (χ1n) is 5.24. The average Bonchev–Trinajstić information content (AvgIpc) is 2.46. The van der Waals surface area contributed by atoms with E-state index in [1.807, 2.05) is 48.5 Å². The molecule has 2 aromatic rings. The van der Waals surface area contributed by atoms with Crippen LogP contribution in [0.15, 0.2) is 42.5 Å². The summed E-state index contributed by atoms with van der Waals surface area (Å²) in [5.74, 6) is 0. The highest BCUT2D eigenvalue weighted by Crippen LogP contribution is 2.27. The third-order valence-corrected chi connectivity index (χ3v) is 2.58. The van der Waals surface area contributed by atoms with Gasteiger partial charge in [0, 0.05) is 5.56 Å². The summed E-state index contributed by atoms with van der Waals surface area (Å²) in [5, 5.41) is 27.2. The lowest BCUT2D eigenvalue weighted by Crippen LogP contribution is -1.92. The van der Waals surface area contributed by atoms with Crippen molar-refractivity contribution in [1.82, 2.24) is 0 Å². The van der Waals surface area contributed by atoms with E-state index in [2.05, 4.69) is 0 Å². The van der Waals surface area contributed by atoms with Crippen LogP contribution in [0.4, 0.5) is 0 Å². The van der Waals surface area contributed by atoms with Gasteiger partial charge in [-0.2, -0.15) is 15.8 Å². The van der Waals surface area contributed by atoms with Gasteiger partial charge in [0.1, 0.15) is 12.1 Å². The van der Waals surface area contributed by atoms with Crippen molar-refractivity contribution in [1.29, 1.82) is 15.8 Å². The average molecular weight is 229 g/mol. The van der Waals surface area contributed by atoms with E-state index in [4.69, 9.17) is 10.5 Å². The van der Waals surface area contributed by atoms with Gasteiger partial charge in [0.05, 0.1) is 22.8 Å². The maximum absolute atomic E-state index is 9.17. The molecule has 0 aromatic heterocycles. The molecule has 82 valence electrons. The molecule has 0 N–H and O–H groups in total. The summed E-state index contributed by atoms with van der Waals surface area (Å²) in [5.41, 5.74) is 2.36. The predicted molar refractivity (Wildman–Crippen MR) is 66.0 cm³/mol. The van der Waals surface area contributed by atoms with E-state index in [0.29, 0.717) is 16.7 Å². The fourth-order valence-electron chi connectivity index (χ4n) is 1.76. The van der Waals surface area contributed by atoms with Gasteiger partial charge in [-0.1, -0.05) is 30.3 Å². The molecule has 0 aliphatic heterocycles. The number of benzene rings is 2. The fraction of sp³-hybridized carbons (Fsp3) is 0. The molecule has 0 fully saturated rings. The molecule has 3 heteroatoms. The minimum atomic E-state index is 0.232. The molecule has 0 radical (unpaired) electrons. The van der Waals surface area contributed by atoms with Crippen LogP contribution < -0.4 is 0 Å². The zero-order chi connectivity index (χ0) is 13.0. The highest BCUT2D eigenvalue weighted by atomic mass is 14.3. The predicted octanol–water partition coefficient (Wildman–Crippen LogP) is 2.97. The molecule has 0 amide bonds. The Bertz CT molecular complexity index is 710. The SMILES string of the molecule is N#Cc1cc(C#N)c(C#N)c(-c2ccccc2)c1. The van der Waals surface area contributed by atoms with Crippen LogP contribution in [-0.4, -0.2) is 0 Å². The van der Waals surface area contributed by atoms with Crippen molar-refractivity contribution in [3.8, 4) is 29.3 Å². The van der Waals surface area contributed by atoms with Crippen LogP contribution in [0.1, 0.15) is 16.7 Å². The Balaban J connectivity index is 2.79. The van der Waals surface area contributed by atoms with Gasteiger partial charge in [-0.3, -0.25) is 0 Å². The maximum atomic E-state index is 9.17. The van der Waals surface area contributed by atoms with Crippen molar-refractivity contribution in [3.63, 3.8) is 0 Å². The summed E-state index contributed by atoms with van der Waals surface area (Å²) < 4.78 is 0. The lowest BCUT2D eigenvalue weighted by Gasteiger charge is -2.06. The van der Waals surface area contributed by atoms with Gasteiger partial charge in [0.15, 0.2) is 0 Å². The molecule has 0 bridgehead atoms. The van der Waals surface area contributed by atoms with Crippen molar-refractivity contribution in [2.24, 2.45) is 0 Å². The highest BCUT2D eigenvalue weighted by Gasteiger charge is 2.11. The topological polar surface area (TPSA) is 71.4 Å². The summed E-state index contributed by atoms with van der Waals surface area (Å²) >= 11 is 0. The van der Waals surface area contributed by atoms with Gasteiger partial charge in [0.25, 0.3) is 0 Å². The van der Waals surface area contributed by atoms with E-state index in [1.165, 1.54) is 6.07 Å². The largest absolute Gasteiger partial charge is 0.192 e. The van der Waals surface area contributed by atoms with E-state index < -0.39 is 0 Å². The minimum absolute atomic E-state index is 0.232. The van der Waals surface area contributed by atoms with Gasteiger partial charge in [-0.05, 0) is 17.7 Å². The van der Waals surface area contributed by atoms with E-state index >= 15 is 0 Å². The number of hydrogen-bond acceptors (Lipinski definition) is 3. The Morgan fingerprint density at radius 2 is 1.50 bits per heavy atom. The van der Waals surface area contributed by atoms with Crippen molar-refractivity contribution < 1.29 is 0 Å². The fourth-order valence-corrected chi connectivity index (χ4v) is 1.76. The second kappa shape index (κ2) is 4.83. The molecular formula is C15H7N3. The number of nitrogens with zero attached hydrogens (tertiary/aromatic N) is 3. The smallest absolute Gasteiger partial charge is 0.101 e. The maximum Gasteiger partial charge on any atom is 0.101 e. The normalized spacial score (nSPS) is 8.94. The third kappa shape index (κ3) is 1.92. The van der Waals surface area contributed by atoms with Crippen LogP contribution in [0.2, 0.25) is 0 Å². The van der Waals surface area contributed by atoms with Crippen LogP contribution in [-0.2, 0) is 0 Å². The Morgan fingerprint density at radius 1 is 0.778 bits per heavy atom. The molecule has 0 aliphatic carbocycles. The first-order valence-corrected chi connectivity index (χ1v) is 5.24. The quantitative estimate of drug-likeness (QED) is 0.754. The molecule has 0 heterocycles. The molecular weight excluding hydrogens is 222 g/mol. The van der Waals surface area contributed by atoms with E-state index in [9.17, 15) is 5.26 Å². The van der Waals surface area contributed by atoms with Crippen LogP contribution in [0.3, 0.4) is 0 Å². The first-order chi connectivity index (χ1) is 8.80. The van der Waals surface area contributed by atoms with Gasteiger partial charge in [-0.15, -0.1) is 0 Å². The third-order valence-electron chi connectivity index (χ3n) is 2.58. The van der Waals surface area contributed by atoms with Crippen molar-refractivity contribution in [2.45, 2.75) is 0 Å². The van der Waals surface area contributed by atoms with Gasteiger partial charge in [0.2, 0.25) is 0 Å². The van der Waals surface area contributed by atoms with Crippen LogP contribution in [0.25, 0.3) is 11.1 Å². The molecule has 0 aliphatic rings. The van der Waals surface area contributed by atoms with E-state index in [1.54, 1.807) is 6.07 Å². The lowest BCUT2D eigenvalue weighted by atomic mass is 9.94. The molecule has 18 heavy (non-hydrogen) atoms. The molecule has 0 atom stereocenters. The standard InChI is InChI=1S/C15H7N3/c16-8-11-6-13(9-17)15(10-18)14(7-11)12-4-2-1-3-5-12/h1-7H. The summed E-state index contributed by atoms with van der Waals surface area (Å²) in [6.07, 6.45) is 0. The monoisotopic (exact) mass is 229 g/mol. The Kier molecular flexibility index (Phi) is 3.06. The molecule has 0 spiro atoms. The summed E-state index contributed by atoms with van der Waals surface area (Å²) in [6, 6.07) is 18.3. The highest BCUT2D eigenvalue weighted by molar-refractivity contribution is 5.75. The zero-order valence-electron chi connectivity index (χ0n) is 9.38. The van der Waals surface area contributed by atoms with Crippen molar-refractivity contribution >= 4 is 0 Å². The van der Waals surface area contributed by atoms with Crippen LogP contribution >= 0.6 is 0 Å². The molecule has 2 rings (SSSR count). The Hall–Kier alpha value is -3.09. The summed E-state index contributed by atoms with van der Waals surface area (Å²) in [7, 11) is 0. The second-order valence-electron chi connectivity index (χ2n) is 3.65. The summed E-state index contributed by atoms with van der Waals surface area (Å²) in [4.78, 5) is 0. The Morgan fingerprint density at radius 3 is 2.06 bits per heavy atom. The van der Waals surface area contributed by atoms with E-state index in [0.717, 1.165) is 5.56 Å². The van der Waals surface area contributed by atoms with Crippen molar-refractivity contribution in [3.05, 3.63) is 59.2 Å². The molecule has 0 saturated heterocycles. The second-order valence-corrected chi connectivity index (χ2v) is 3.65. The van der Waals surface area contributed by atoms with Gasteiger partial charge >= 0.3 is 0 Å². The number of rotatable bonds is 1.